The van der Waals surface area contributed by atoms with E-state index in [9.17, 15) is 4.21 Å². The molecule has 0 amide bonds. The van der Waals surface area contributed by atoms with E-state index >= 15 is 0 Å². The van der Waals surface area contributed by atoms with Crippen molar-refractivity contribution in [1.82, 2.24) is 4.90 Å². The largest absolute Gasteiger partial charge is 0.489 e. The molecule has 6 nitrogen and oxygen atoms in total. The Bertz CT molecular complexity index is 1540. The van der Waals surface area contributed by atoms with Crippen LogP contribution >= 0.6 is 0 Å². The van der Waals surface area contributed by atoms with Crippen LogP contribution in [0.3, 0.4) is 0 Å². The van der Waals surface area contributed by atoms with E-state index in [1.807, 2.05) is 0 Å². The maximum Gasteiger partial charge on any atom is 0.175 e. The first-order chi connectivity index (χ1) is 22.3. The lowest BCUT2D eigenvalue weighted by atomic mass is 9.73. The summed E-state index contributed by atoms with van der Waals surface area (Å²) in [6.45, 7) is 12.6. The maximum absolute atomic E-state index is 14.0. The van der Waals surface area contributed by atoms with Crippen LogP contribution in [0.15, 0.2) is 71.6 Å². The van der Waals surface area contributed by atoms with Crippen LogP contribution in [0.25, 0.3) is 0 Å². The molecule has 0 N–H and O–H groups in total. The van der Waals surface area contributed by atoms with E-state index in [2.05, 4.69) is 104 Å². The molecule has 0 aliphatic carbocycles. The molecule has 0 radical (unpaired) electrons. The molecule has 46 heavy (non-hydrogen) atoms. The Labute approximate surface area is 278 Å². The van der Waals surface area contributed by atoms with Gasteiger partial charge < -0.3 is 14.4 Å². The van der Waals surface area contributed by atoms with Gasteiger partial charge in [0.15, 0.2) is 5.66 Å². The Hall–Kier alpha value is -2.71. The van der Waals surface area contributed by atoms with E-state index in [-0.39, 0.29) is 11.3 Å². The Balaban J connectivity index is 1.08. The third-order valence-electron chi connectivity index (χ3n) is 11.6. The number of ether oxygens (including phenoxy) is 2. The summed E-state index contributed by atoms with van der Waals surface area (Å²) >= 11 is 0. The Morgan fingerprint density at radius 3 is 2.43 bits per heavy atom. The molecule has 0 bridgehead atoms. The van der Waals surface area contributed by atoms with Gasteiger partial charge >= 0.3 is 0 Å². The van der Waals surface area contributed by atoms with Crippen molar-refractivity contribution in [1.29, 1.82) is 0 Å². The second-order valence-electron chi connectivity index (χ2n) is 14.7. The number of unbranched alkanes of at least 4 members (excludes halogenated alkanes) is 1. The second-order valence-corrected chi connectivity index (χ2v) is 16.1. The smallest absolute Gasteiger partial charge is 0.175 e. The molecule has 6 atom stereocenters. The summed E-state index contributed by atoms with van der Waals surface area (Å²) in [4.78, 5) is 5.80. The van der Waals surface area contributed by atoms with Crippen molar-refractivity contribution >= 4 is 16.5 Å². The summed E-state index contributed by atoms with van der Waals surface area (Å²) in [5.41, 5.74) is 6.60. The number of piperazine rings is 1. The minimum absolute atomic E-state index is 0.131. The first kappa shape index (κ1) is 31.9. The average Bonchev–Trinajstić information content (AvgIpc) is 3.81. The topological polar surface area (TPSA) is 41.8 Å². The van der Waals surface area contributed by atoms with Gasteiger partial charge in [0.25, 0.3) is 0 Å². The zero-order valence-electron chi connectivity index (χ0n) is 28.3. The van der Waals surface area contributed by atoms with Crippen LogP contribution in [0.1, 0.15) is 74.1 Å². The third kappa shape index (κ3) is 5.82. The Morgan fingerprint density at radius 2 is 1.78 bits per heavy atom. The number of benzene rings is 3. The highest BCUT2D eigenvalue weighted by Crippen LogP contribution is 2.57. The number of nitrogens with zero attached hydrogens (tertiary/aromatic N) is 3. The molecule has 7 heteroatoms. The van der Waals surface area contributed by atoms with Crippen LogP contribution in [-0.2, 0) is 28.7 Å². The highest BCUT2D eigenvalue weighted by atomic mass is 32.2. The molecular weight excluding hydrogens is 591 g/mol. The molecule has 3 saturated heterocycles. The zero-order chi connectivity index (χ0) is 31.9. The first-order valence-electron chi connectivity index (χ1n) is 17.5. The standard InChI is InChI=1S/C39H52N3O3S/c1-5-7-18-38(28-44-6-2)24-36(35-23-33(40(3)4)14-17-37(35)46(43)29-38)32-12-15-34(16-13-32)45-26-31-10-8-30(9-11-31)25-42-21-19-39(42)27-41(39)20-22-42/h8-17,23,36H,5-7,18-22,24-29H2,1-4H3/q+1/t36-,38?,39?,41?,42?,46?/m1/s1. The fourth-order valence-electron chi connectivity index (χ4n) is 8.69. The lowest BCUT2D eigenvalue weighted by Gasteiger charge is -2.49. The number of hydrogen-bond donors (Lipinski definition) is 0. The van der Waals surface area contributed by atoms with Gasteiger partial charge in [0, 0.05) is 53.9 Å². The summed E-state index contributed by atoms with van der Waals surface area (Å²) in [5.74, 6) is 1.66. The van der Waals surface area contributed by atoms with Crippen molar-refractivity contribution in [3.8, 4) is 5.75 Å². The minimum atomic E-state index is -1.08. The number of quaternary nitrogens is 1. The van der Waals surface area contributed by atoms with Gasteiger partial charge in [0.2, 0.25) is 0 Å². The third-order valence-corrected chi connectivity index (χ3v) is 13.4. The zero-order valence-corrected chi connectivity index (χ0v) is 29.1. The van der Waals surface area contributed by atoms with Crippen LogP contribution in [0.4, 0.5) is 5.69 Å². The number of fused-ring (bicyclic) bond motifs is 1. The molecule has 246 valence electrons. The summed E-state index contributed by atoms with van der Waals surface area (Å²) in [6.07, 6.45) is 5.57. The van der Waals surface area contributed by atoms with Crippen LogP contribution < -0.4 is 9.64 Å². The van der Waals surface area contributed by atoms with Crippen molar-refractivity contribution in [2.24, 2.45) is 5.41 Å². The molecule has 3 aromatic carbocycles. The van der Waals surface area contributed by atoms with Crippen LogP contribution in [0.5, 0.6) is 5.75 Å². The molecule has 0 aromatic heterocycles. The van der Waals surface area contributed by atoms with Crippen molar-refractivity contribution in [2.75, 3.05) is 64.1 Å². The van der Waals surface area contributed by atoms with Crippen LogP contribution in [0.2, 0.25) is 0 Å². The molecule has 3 aromatic rings. The summed E-state index contributed by atoms with van der Waals surface area (Å²) in [5, 5.41) is 0. The van der Waals surface area contributed by atoms with Gasteiger partial charge in [-0.25, -0.2) is 4.90 Å². The summed E-state index contributed by atoms with van der Waals surface area (Å²) < 4.78 is 27.7. The fourth-order valence-corrected chi connectivity index (χ4v) is 10.4. The molecular formula is C39H52N3O3S+. The highest BCUT2D eigenvalue weighted by molar-refractivity contribution is 7.85. The molecule has 3 fully saturated rings. The first-order valence-corrected chi connectivity index (χ1v) is 18.8. The Morgan fingerprint density at radius 1 is 1.00 bits per heavy atom. The molecule has 4 aliphatic rings. The van der Waals surface area contributed by atoms with Gasteiger partial charge in [-0.2, -0.15) is 0 Å². The van der Waals surface area contributed by atoms with E-state index in [1.54, 1.807) is 0 Å². The highest BCUT2D eigenvalue weighted by Gasteiger charge is 2.77. The molecule has 4 heterocycles. The number of hydrogen-bond acceptors (Lipinski definition) is 5. The minimum Gasteiger partial charge on any atom is -0.489 e. The quantitative estimate of drug-likeness (QED) is 0.149. The van der Waals surface area contributed by atoms with E-state index in [0.29, 0.717) is 31.2 Å². The molecule has 5 unspecified atom stereocenters. The van der Waals surface area contributed by atoms with E-state index < -0.39 is 10.8 Å². The molecule has 7 rings (SSSR count). The SMILES string of the molecule is CCCCC1(COCC)C[C@H](c2ccc(OCc3ccc(C[N+]45CCN6CC64CC5)cc3)cc2)c2cc(N(C)C)ccc2S(=O)C1. The summed E-state index contributed by atoms with van der Waals surface area (Å²) in [7, 11) is 3.06. The van der Waals surface area contributed by atoms with Crippen LogP contribution in [0, 0.1) is 5.41 Å². The van der Waals surface area contributed by atoms with Gasteiger partial charge in [-0.05, 0) is 66.8 Å². The van der Waals surface area contributed by atoms with Crippen molar-refractivity contribution in [2.45, 2.75) is 75.6 Å². The van der Waals surface area contributed by atoms with Gasteiger partial charge in [-0.1, -0.05) is 56.2 Å². The predicted molar refractivity (Wildman–Crippen MR) is 187 cm³/mol. The van der Waals surface area contributed by atoms with Gasteiger partial charge in [0.05, 0.1) is 50.0 Å². The van der Waals surface area contributed by atoms with E-state index in [0.717, 1.165) is 48.6 Å². The average molecular weight is 643 g/mol. The predicted octanol–water partition coefficient (Wildman–Crippen LogP) is 6.93. The van der Waals surface area contributed by atoms with Gasteiger partial charge in [-0.3, -0.25) is 8.69 Å². The monoisotopic (exact) mass is 642 g/mol. The molecule has 0 saturated carbocycles. The van der Waals surface area contributed by atoms with Gasteiger partial charge in [-0.15, -0.1) is 0 Å². The lowest BCUT2D eigenvalue weighted by Crippen LogP contribution is -2.65. The van der Waals surface area contributed by atoms with Gasteiger partial charge in [0.1, 0.15) is 18.9 Å². The van der Waals surface area contributed by atoms with Crippen LogP contribution in [-0.4, -0.2) is 78.5 Å². The maximum atomic E-state index is 14.0. The van der Waals surface area contributed by atoms with Crippen molar-refractivity contribution < 1.29 is 18.2 Å². The lowest BCUT2D eigenvalue weighted by molar-refractivity contribution is -1.00. The van der Waals surface area contributed by atoms with Crippen molar-refractivity contribution in [3.05, 3.63) is 89.0 Å². The van der Waals surface area contributed by atoms with E-state index in [1.165, 1.54) is 59.3 Å². The molecule has 1 spiro atoms. The van der Waals surface area contributed by atoms with E-state index in [4.69, 9.17) is 9.47 Å². The second kappa shape index (κ2) is 12.7. The number of anilines is 1. The fraction of sp³-hybridized carbons (Fsp3) is 0.538. The van der Waals surface area contributed by atoms with Crippen molar-refractivity contribution in [3.63, 3.8) is 0 Å². The normalized spacial score (nSPS) is 30.8. The molecule has 4 aliphatic heterocycles. The Kier molecular flexibility index (Phi) is 8.81. The summed E-state index contributed by atoms with van der Waals surface area (Å²) in [6, 6.07) is 24.3. The number of rotatable bonds is 13.